The van der Waals surface area contributed by atoms with Gasteiger partial charge in [-0.05, 0) is 52.3 Å². The summed E-state index contributed by atoms with van der Waals surface area (Å²) in [5.74, 6) is -2.84. The minimum Gasteiger partial charge on any atom is -0.478 e. The van der Waals surface area contributed by atoms with Gasteiger partial charge in [-0.2, -0.15) is 0 Å². The van der Waals surface area contributed by atoms with Gasteiger partial charge in [0.2, 0.25) is 0 Å². The smallest absolute Gasteiger partial charge is 0.336 e. The summed E-state index contributed by atoms with van der Waals surface area (Å²) in [6, 6.07) is 8.30. The third-order valence-corrected chi connectivity index (χ3v) is 3.93. The lowest BCUT2D eigenvalue weighted by atomic mass is 10.2. The molecule has 0 aliphatic heterocycles. The Balaban J connectivity index is 2.26. The molecule has 2 rings (SSSR count). The molecule has 1 N–H and O–H groups in total. The molecule has 0 radical (unpaired) electrons. The van der Waals surface area contributed by atoms with E-state index in [4.69, 9.17) is 5.11 Å². The molecule has 0 spiro atoms. The average molecular weight is 345 g/mol. The fraction of sp³-hybridized carbons (Fsp3) is 0. The molecule has 0 unspecified atom stereocenters. The van der Waals surface area contributed by atoms with Crippen LogP contribution in [0.1, 0.15) is 10.4 Å². The van der Waals surface area contributed by atoms with E-state index in [0.29, 0.717) is 9.37 Å². The van der Waals surface area contributed by atoms with Gasteiger partial charge in [0.15, 0.2) is 11.6 Å². The molecule has 0 atom stereocenters. The minimum absolute atomic E-state index is 0.148. The molecule has 0 saturated heterocycles. The van der Waals surface area contributed by atoms with Crippen LogP contribution in [-0.4, -0.2) is 11.1 Å². The van der Waals surface area contributed by atoms with Crippen LogP contribution >= 0.6 is 27.7 Å². The van der Waals surface area contributed by atoms with E-state index in [9.17, 15) is 13.6 Å². The zero-order valence-corrected chi connectivity index (χ0v) is 11.8. The first kappa shape index (κ1) is 14.0. The van der Waals surface area contributed by atoms with Gasteiger partial charge in [0.1, 0.15) is 0 Å². The lowest BCUT2D eigenvalue weighted by Crippen LogP contribution is -1.97. The standard InChI is InChI=1S/C13H7BrF2O2S/c14-10-5-7(1-3-9(10)13(17)18)19-8-2-4-11(15)12(16)6-8/h1-6H,(H,17,18). The van der Waals surface area contributed by atoms with Gasteiger partial charge >= 0.3 is 5.97 Å². The van der Waals surface area contributed by atoms with Crippen LogP contribution in [0, 0.1) is 11.6 Å². The van der Waals surface area contributed by atoms with Gasteiger partial charge in [-0.3, -0.25) is 0 Å². The zero-order chi connectivity index (χ0) is 14.0. The van der Waals surface area contributed by atoms with Gasteiger partial charge in [0, 0.05) is 14.3 Å². The van der Waals surface area contributed by atoms with Crippen molar-refractivity contribution in [2.24, 2.45) is 0 Å². The summed E-state index contributed by atoms with van der Waals surface area (Å²) in [6.45, 7) is 0. The van der Waals surface area contributed by atoms with Gasteiger partial charge in [-0.1, -0.05) is 11.8 Å². The number of carbonyl (C=O) groups is 1. The Bertz CT molecular complexity index is 647. The van der Waals surface area contributed by atoms with Gasteiger partial charge in [-0.15, -0.1) is 0 Å². The third kappa shape index (κ3) is 3.33. The van der Waals surface area contributed by atoms with E-state index in [0.717, 1.165) is 17.0 Å². The lowest BCUT2D eigenvalue weighted by molar-refractivity contribution is 0.0696. The maximum Gasteiger partial charge on any atom is 0.336 e. The zero-order valence-electron chi connectivity index (χ0n) is 9.36. The van der Waals surface area contributed by atoms with Crippen molar-refractivity contribution < 1.29 is 18.7 Å². The van der Waals surface area contributed by atoms with E-state index >= 15 is 0 Å². The fourth-order valence-corrected chi connectivity index (χ4v) is 2.99. The second kappa shape index (κ2) is 5.71. The maximum atomic E-state index is 13.1. The predicted molar refractivity (Wildman–Crippen MR) is 71.6 cm³/mol. The van der Waals surface area contributed by atoms with Gasteiger partial charge in [0.05, 0.1) is 5.56 Å². The number of carboxylic acid groups (broad SMARTS) is 1. The largest absolute Gasteiger partial charge is 0.478 e. The topological polar surface area (TPSA) is 37.3 Å². The van der Waals surface area contributed by atoms with Gasteiger partial charge < -0.3 is 5.11 Å². The highest BCUT2D eigenvalue weighted by Crippen LogP contribution is 2.31. The summed E-state index contributed by atoms with van der Waals surface area (Å²) in [5, 5.41) is 8.89. The van der Waals surface area contributed by atoms with Crippen molar-refractivity contribution in [1.29, 1.82) is 0 Å². The summed E-state index contributed by atoms with van der Waals surface area (Å²) in [7, 11) is 0. The highest BCUT2D eigenvalue weighted by Gasteiger charge is 2.10. The van der Waals surface area contributed by atoms with E-state index in [2.05, 4.69) is 15.9 Å². The van der Waals surface area contributed by atoms with Crippen LogP contribution in [0.5, 0.6) is 0 Å². The third-order valence-electron chi connectivity index (χ3n) is 2.30. The number of aromatic carboxylic acids is 1. The molecule has 0 aromatic heterocycles. The van der Waals surface area contributed by atoms with Crippen LogP contribution in [0.15, 0.2) is 50.7 Å². The second-order valence-corrected chi connectivity index (χ2v) is 5.63. The minimum atomic E-state index is -1.03. The summed E-state index contributed by atoms with van der Waals surface area (Å²) in [6.07, 6.45) is 0. The highest BCUT2D eigenvalue weighted by molar-refractivity contribution is 9.10. The van der Waals surface area contributed by atoms with Crippen molar-refractivity contribution in [3.8, 4) is 0 Å². The van der Waals surface area contributed by atoms with E-state index in [1.807, 2.05) is 0 Å². The Morgan fingerprint density at radius 1 is 1.05 bits per heavy atom. The van der Waals surface area contributed by atoms with Gasteiger partial charge in [0.25, 0.3) is 0 Å². The SMILES string of the molecule is O=C(O)c1ccc(Sc2ccc(F)c(F)c2)cc1Br. The Morgan fingerprint density at radius 2 is 1.68 bits per heavy atom. The molecule has 6 heteroatoms. The van der Waals surface area contributed by atoms with Crippen LogP contribution in [0.4, 0.5) is 8.78 Å². The van der Waals surface area contributed by atoms with Crippen molar-refractivity contribution in [2.75, 3.05) is 0 Å². The van der Waals surface area contributed by atoms with E-state index in [1.54, 1.807) is 12.1 Å². The number of hydrogen-bond donors (Lipinski definition) is 1. The quantitative estimate of drug-likeness (QED) is 0.885. The first-order chi connectivity index (χ1) is 8.97. The molecule has 2 nitrogen and oxygen atoms in total. The molecule has 19 heavy (non-hydrogen) atoms. The summed E-state index contributed by atoms with van der Waals surface area (Å²) in [5.41, 5.74) is 0.148. The molecule has 98 valence electrons. The molecule has 0 aliphatic carbocycles. The summed E-state index contributed by atoms with van der Waals surface area (Å²) < 4.78 is 26.3. The number of benzene rings is 2. The first-order valence-corrected chi connectivity index (χ1v) is 6.74. The molecule has 2 aromatic carbocycles. The Kier molecular flexibility index (Phi) is 4.21. The molecule has 0 fully saturated rings. The van der Waals surface area contributed by atoms with Crippen molar-refractivity contribution in [1.82, 2.24) is 0 Å². The van der Waals surface area contributed by atoms with Crippen molar-refractivity contribution in [3.63, 3.8) is 0 Å². The second-order valence-electron chi connectivity index (χ2n) is 3.62. The van der Waals surface area contributed by atoms with E-state index in [-0.39, 0.29) is 5.56 Å². The molecular weight excluding hydrogens is 338 g/mol. The van der Waals surface area contributed by atoms with Crippen LogP contribution in [-0.2, 0) is 0 Å². The molecule has 0 saturated carbocycles. The average Bonchev–Trinajstić information content (AvgIpc) is 2.33. The summed E-state index contributed by atoms with van der Waals surface area (Å²) in [4.78, 5) is 12.1. The molecule has 0 aliphatic rings. The fourth-order valence-electron chi connectivity index (χ4n) is 1.41. The maximum absolute atomic E-state index is 13.1. The monoisotopic (exact) mass is 344 g/mol. The van der Waals surface area contributed by atoms with E-state index in [1.165, 1.54) is 23.9 Å². The van der Waals surface area contributed by atoms with Crippen LogP contribution in [0.25, 0.3) is 0 Å². The normalized spacial score (nSPS) is 10.5. The van der Waals surface area contributed by atoms with Crippen molar-refractivity contribution in [2.45, 2.75) is 9.79 Å². The molecule has 0 bridgehead atoms. The van der Waals surface area contributed by atoms with Gasteiger partial charge in [-0.25, -0.2) is 13.6 Å². The van der Waals surface area contributed by atoms with Crippen molar-refractivity contribution >= 4 is 33.7 Å². The number of rotatable bonds is 3. The molecule has 0 amide bonds. The van der Waals surface area contributed by atoms with Crippen molar-refractivity contribution in [3.05, 3.63) is 58.1 Å². The number of hydrogen-bond acceptors (Lipinski definition) is 2. The molecule has 2 aromatic rings. The summed E-state index contributed by atoms with van der Waals surface area (Å²) >= 11 is 4.37. The highest BCUT2D eigenvalue weighted by atomic mass is 79.9. The first-order valence-electron chi connectivity index (χ1n) is 5.13. The molecular formula is C13H7BrF2O2S. The molecule has 0 heterocycles. The van der Waals surface area contributed by atoms with Crippen LogP contribution in [0.2, 0.25) is 0 Å². The van der Waals surface area contributed by atoms with Crippen LogP contribution < -0.4 is 0 Å². The Morgan fingerprint density at radius 3 is 2.26 bits per heavy atom. The Hall–Kier alpha value is -1.40. The number of halogens is 3. The Labute approximate surface area is 120 Å². The van der Waals surface area contributed by atoms with E-state index < -0.39 is 17.6 Å². The predicted octanol–water partition coefficient (Wildman–Crippen LogP) is 4.58. The lowest BCUT2D eigenvalue weighted by Gasteiger charge is -2.05. The van der Waals surface area contributed by atoms with Crippen LogP contribution in [0.3, 0.4) is 0 Å². The number of carboxylic acids is 1.